The summed E-state index contributed by atoms with van der Waals surface area (Å²) in [6.45, 7) is 7.60. The summed E-state index contributed by atoms with van der Waals surface area (Å²) in [7, 11) is -3.19. The van der Waals surface area contributed by atoms with Gasteiger partial charge in [0.05, 0.1) is 11.3 Å². The van der Waals surface area contributed by atoms with Crippen LogP contribution >= 0.6 is 0 Å². The van der Waals surface area contributed by atoms with Crippen molar-refractivity contribution in [3.05, 3.63) is 23.0 Å². The van der Waals surface area contributed by atoms with Crippen LogP contribution in [0, 0.1) is 13.8 Å². The van der Waals surface area contributed by atoms with E-state index in [1.165, 1.54) is 4.31 Å². The van der Waals surface area contributed by atoms with Crippen LogP contribution < -0.4 is 0 Å². The van der Waals surface area contributed by atoms with Crippen molar-refractivity contribution in [1.82, 2.24) is 14.2 Å². The number of H-pyrrole nitrogens is 1. The second kappa shape index (κ2) is 6.83. The number of hydrogen-bond donors (Lipinski definition) is 1. The van der Waals surface area contributed by atoms with Gasteiger partial charge in [-0.05, 0) is 32.8 Å². The number of sulfonamides is 1. The van der Waals surface area contributed by atoms with Gasteiger partial charge in [-0.25, -0.2) is 12.7 Å². The number of rotatable bonds is 4. The highest BCUT2D eigenvalue weighted by atomic mass is 32.2. The van der Waals surface area contributed by atoms with E-state index in [1.54, 1.807) is 4.90 Å². The molecule has 0 bridgehead atoms. The maximum Gasteiger partial charge on any atom is 0.255 e. The third-order valence-electron chi connectivity index (χ3n) is 3.98. The average molecular weight is 327 g/mol. The number of aryl methyl sites for hydroxylation is 2. The van der Waals surface area contributed by atoms with Crippen LogP contribution in [0.3, 0.4) is 0 Å². The van der Waals surface area contributed by atoms with Gasteiger partial charge in [0.15, 0.2) is 0 Å². The van der Waals surface area contributed by atoms with E-state index in [0.29, 0.717) is 44.6 Å². The summed E-state index contributed by atoms with van der Waals surface area (Å²) in [5.74, 6) is 0.161. The van der Waals surface area contributed by atoms with Gasteiger partial charge in [-0.2, -0.15) is 0 Å². The maximum absolute atomic E-state index is 12.6. The third-order valence-corrected chi connectivity index (χ3v) is 6.05. The van der Waals surface area contributed by atoms with Gasteiger partial charge in [0.1, 0.15) is 0 Å². The summed E-state index contributed by atoms with van der Waals surface area (Å²) in [6.07, 6.45) is 1.29. The Morgan fingerprint density at radius 3 is 2.55 bits per heavy atom. The topological polar surface area (TPSA) is 73.5 Å². The van der Waals surface area contributed by atoms with Crippen LogP contribution in [0.4, 0.5) is 0 Å². The molecule has 0 saturated carbocycles. The van der Waals surface area contributed by atoms with Gasteiger partial charge >= 0.3 is 0 Å². The SMILES string of the molecule is CCCS(=O)(=O)N1CCCN(C(=O)c2cc(C)[nH]c2C)CC1. The number of nitrogens with one attached hydrogen (secondary N) is 1. The van der Waals surface area contributed by atoms with Gasteiger partial charge in [-0.1, -0.05) is 6.92 Å². The van der Waals surface area contributed by atoms with Gasteiger partial charge < -0.3 is 9.88 Å². The molecule has 124 valence electrons. The number of aromatic amines is 1. The van der Waals surface area contributed by atoms with Crippen LogP contribution in [-0.2, 0) is 10.0 Å². The molecule has 0 aliphatic carbocycles. The predicted octanol–water partition coefficient (Wildman–Crippen LogP) is 1.52. The Bertz CT molecular complexity index is 636. The van der Waals surface area contributed by atoms with Gasteiger partial charge in [0, 0.05) is 37.6 Å². The molecule has 2 heterocycles. The number of carbonyl (C=O) groups is 1. The molecule has 0 spiro atoms. The summed E-state index contributed by atoms with van der Waals surface area (Å²) < 4.78 is 25.8. The van der Waals surface area contributed by atoms with Crippen LogP contribution in [0.2, 0.25) is 0 Å². The van der Waals surface area contributed by atoms with E-state index >= 15 is 0 Å². The number of amides is 1. The summed E-state index contributed by atoms with van der Waals surface area (Å²) in [4.78, 5) is 17.5. The fourth-order valence-electron chi connectivity index (χ4n) is 2.88. The molecule has 1 aliphatic rings. The smallest absolute Gasteiger partial charge is 0.255 e. The van der Waals surface area contributed by atoms with E-state index < -0.39 is 10.0 Å². The number of hydrogen-bond acceptors (Lipinski definition) is 3. The third kappa shape index (κ3) is 3.70. The molecule has 1 amide bonds. The lowest BCUT2D eigenvalue weighted by Crippen LogP contribution is -2.38. The molecule has 1 saturated heterocycles. The minimum absolute atomic E-state index is 0.0170. The second-order valence-electron chi connectivity index (χ2n) is 5.85. The Balaban J connectivity index is 2.07. The Kier molecular flexibility index (Phi) is 5.28. The van der Waals surface area contributed by atoms with Crippen molar-refractivity contribution in [1.29, 1.82) is 0 Å². The first-order valence-electron chi connectivity index (χ1n) is 7.78. The van der Waals surface area contributed by atoms with Crippen LogP contribution in [0.25, 0.3) is 0 Å². The van der Waals surface area contributed by atoms with Crippen molar-refractivity contribution in [2.24, 2.45) is 0 Å². The summed E-state index contributed by atoms with van der Waals surface area (Å²) >= 11 is 0. The highest BCUT2D eigenvalue weighted by Crippen LogP contribution is 2.15. The molecule has 0 unspecified atom stereocenters. The highest BCUT2D eigenvalue weighted by Gasteiger charge is 2.27. The Hall–Kier alpha value is -1.34. The minimum atomic E-state index is -3.19. The average Bonchev–Trinajstić information content (AvgIpc) is 2.66. The van der Waals surface area contributed by atoms with E-state index in [1.807, 2.05) is 26.8 Å². The molecule has 1 aliphatic heterocycles. The number of carbonyl (C=O) groups excluding carboxylic acids is 1. The van der Waals surface area contributed by atoms with E-state index in [0.717, 1.165) is 11.4 Å². The van der Waals surface area contributed by atoms with Gasteiger partial charge in [-0.15, -0.1) is 0 Å². The fraction of sp³-hybridized carbons (Fsp3) is 0.667. The Morgan fingerprint density at radius 1 is 1.23 bits per heavy atom. The van der Waals surface area contributed by atoms with Crippen LogP contribution in [0.15, 0.2) is 6.07 Å². The first-order chi connectivity index (χ1) is 10.3. The monoisotopic (exact) mass is 327 g/mol. The first kappa shape index (κ1) is 17.0. The van der Waals surface area contributed by atoms with Crippen molar-refractivity contribution >= 4 is 15.9 Å². The van der Waals surface area contributed by atoms with Gasteiger partial charge in [0.25, 0.3) is 5.91 Å². The lowest BCUT2D eigenvalue weighted by molar-refractivity contribution is 0.0763. The maximum atomic E-state index is 12.6. The first-order valence-corrected chi connectivity index (χ1v) is 9.39. The predicted molar refractivity (Wildman–Crippen MR) is 86.4 cm³/mol. The lowest BCUT2D eigenvalue weighted by atomic mass is 10.2. The molecule has 1 fully saturated rings. The van der Waals surface area contributed by atoms with Crippen molar-refractivity contribution in [3.8, 4) is 0 Å². The number of nitrogens with zero attached hydrogens (tertiary/aromatic N) is 2. The molecular formula is C15H25N3O3S. The van der Waals surface area contributed by atoms with Crippen molar-refractivity contribution in [3.63, 3.8) is 0 Å². The molecule has 1 aromatic heterocycles. The van der Waals surface area contributed by atoms with Crippen molar-refractivity contribution in [2.45, 2.75) is 33.6 Å². The van der Waals surface area contributed by atoms with Crippen LogP contribution in [-0.4, -0.2) is 60.4 Å². The van der Waals surface area contributed by atoms with Crippen LogP contribution in [0.5, 0.6) is 0 Å². The molecule has 7 heteroatoms. The highest BCUT2D eigenvalue weighted by molar-refractivity contribution is 7.89. The van der Waals surface area contributed by atoms with Gasteiger partial charge in [-0.3, -0.25) is 4.79 Å². The lowest BCUT2D eigenvalue weighted by Gasteiger charge is -2.21. The Morgan fingerprint density at radius 2 is 1.95 bits per heavy atom. The normalized spacial score (nSPS) is 17.5. The standard InChI is InChI=1S/C15H25N3O3S/c1-4-10-22(20,21)18-7-5-6-17(8-9-18)15(19)14-11-12(2)16-13(14)3/h11,16H,4-10H2,1-3H3. The molecular weight excluding hydrogens is 302 g/mol. The number of aromatic nitrogens is 1. The van der Waals surface area contributed by atoms with E-state index in [-0.39, 0.29) is 11.7 Å². The molecule has 2 rings (SSSR count). The van der Waals surface area contributed by atoms with E-state index in [9.17, 15) is 13.2 Å². The molecule has 0 radical (unpaired) electrons. The fourth-order valence-corrected chi connectivity index (χ4v) is 4.42. The molecule has 1 N–H and O–H groups in total. The van der Waals surface area contributed by atoms with Crippen LogP contribution in [0.1, 0.15) is 41.5 Å². The summed E-state index contributed by atoms with van der Waals surface area (Å²) in [5, 5.41) is 0. The summed E-state index contributed by atoms with van der Waals surface area (Å²) in [5.41, 5.74) is 2.51. The second-order valence-corrected chi connectivity index (χ2v) is 7.94. The summed E-state index contributed by atoms with van der Waals surface area (Å²) in [6, 6.07) is 1.86. The molecule has 0 aromatic carbocycles. The minimum Gasteiger partial charge on any atom is -0.362 e. The van der Waals surface area contributed by atoms with Gasteiger partial charge in [0.2, 0.25) is 10.0 Å². The molecule has 6 nitrogen and oxygen atoms in total. The zero-order valence-electron chi connectivity index (χ0n) is 13.6. The molecule has 0 atom stereocenters. The zero-order valence-corrected chi connectivity index (χ0v) is 14.4. The zero-order chi connectivity index (χ0) is 16.3. The molecule has 1 aromatic rings. The Labute approximate surface area is 132 Å². The molecule has 22 heavy (non-hydrogen) atoms. The van der Waals surface area contributed by atoms with Crippen molar-refractivity contribution in [2.75, 3.05) is 31.9 Å². The largest absolute Gasteiger partial charge is 0.362 e. The van der Waals surface area contributed by atoms with Crippen molar-refractivity contribution < 1.29 is 13.2 Å². The quantitative estimate of drug-likeness (QED) is 0.911. The van der Waals surface area contributed by atoms with E-state index in [2.05, 4.69) is 4.98 Å². The van der Waals surface area contributed by atoms with E-state index in [4.69, 9.17) is 0 Å².